The molecule has 4 nitrogen and oxygen atoms in total. The van der Waals surface area contributed by atoms with Crippen LogP contribution in [-0.2, 0) is 4.79 Å². The summed E-state index contributed by atoms with van der Waals surface area (Å²) in [5, 5.41) is 3.12. The van der Waals surface area contributed by atoms with Crippen molar-refractivity contribution in [1.29, 1.82) is 0 Å². The Morgan fingerprint density at radius 3 is 3.00 bits per heavy atom. The second-order valence-corrected chi connectivity index (χ2v) is 3.26. The molecule has 0 aliphatic heterocycles. The van der Waals surface area contributed by atoms with Crippen molar-refractivity contribution in [2.75, 3.05) is 11.2 Å². The van der Waals surface area contributed by atoms with Crippen LogP contribution in [0.3, 0.4) is 0 Å². The smallest absolute Gasteiger partial charge is 0.227 e. The number of alkyl halides is 1. The zero-order valence-corrected chi connectivity index (χ0v) is 8.08. The van der Waals surface area contributed by atoms with Crippen LogP contribution in [0.15, 0.2) is 0 Å². The van der Waals surface area contributed by atoms with Crippen molar-refractivity contribution in [1.82, 2.24) is 9.36 Å². The minimum atomic E-state index is -0.124. The lowest BCUT2D eigenvalue weighted by atomic mass is 10.5. The average Bonchev–Trinajstić information content (AvgIpc) is 2.36. The van der Waals surface area contributed by atoms with Crippen LogP contribution < -0.4 is 5.32 Å². The summed E-state index contributed by atoms with van der Waals surface area (Å²) < 4.78 is 3.91. The van der Waals surface area contributed by atoms with Crippen molar-refractivity contribution in [3.63, 3.8) is 0 Å². The van der Waals surface area contributed by atoms with Gasteiger partial charge in [-0.25, -0.2) is 4.98 Å². The van der Waals surface area contributed by atoms with Crippen LogP contribution in [0, 0.1) is 6.92 Å². The molecule has 0 aromatic carbocycles. The summed E-state index contributed by atoms with van der Waals surface area (Å²) in [6, 6.07) is 0. The maximum Gasteiger partial charge on any atom is 0.227 e. The highest BCUT2D eigenvalue weighted by Crippen LogP contribution is 2.09. The molecule has 1 rings (SSSR count). The van der Waals surface area contributed by atoms with E-state index < -0.39 is 0 Å². The van der Waals surface area contributed by atoms with E-state index in [9.17, 15) is 4.79 Å². The number of carbonyl (C=O) groups excluding carboxylic acids is 1. The second-order valence-electron chi connectivity index (χ2n) is 2.13. The predicted octanol–water partition coefficient (Wildman–Crippen LogP) is 1.41. The zero-order valence-electron chi connectivity index (χ0n) is 6.50. The lowest BCUT2D eigenvalue weighted by molar-refractivity contribution is -0.115. The molecule has 0 aliphatic rings. The Morgan fingerprint density at radius 2 is 2.50 bits per heavy atom. The van der Waals surface area contributed by atoms with Gasteiger partial charge in [0.15, 0.2) is 0 Å². The zero-order chi connectivity index (χ0) is 8.97. The van der Waals surface area contributed by atoms with Gasteiger partial charge in [-0.15, -0.1) is 11.6 Å². The van der Waals surface area contributed by atoms with Gasteiger partial charge >= 0.3 is 0 Å². The van der Waals surface area contributed by atoms with E-state index in [0.717, 1.165) is 0 Å². The highest BCUT2D eigenvalue weighted by Gasteiger charge is 2.04. The molecule has 0 bridgehead atoms. The molecular weight excluding hydrogens is 198 g/mol. The van der Waals surface area contributed by atoms with Crippen molar-refractivity contribution < 1.29 is 4.79 Å². The fraction of sp³-hybridized carbons (Fsp3) is 0.500. The third kappa shape index (κ3) is 2.75. The highest BCUT2D eigenvalue weighted by atomic mass is 35.5. The topological polar surface area (TPSA) is 54.9 Å². The van der Waals surface area contributed by atoms with E-state index in [1.54, 1.807) is 6.92 Å². The summed E-state index contributed by atoms with van der Waals surface area (Å²) in [5.74, 6) is 0.867. The van der Waals surface area contributed by atoms with E-state index in [-0.39, 0.29) is 5.91 Å². The summed E-state index contributed by atoms with van der Waals surface area (Å²) in [6.07, 6.45) is 0.306. The van der Waals surface area contributed by atoms with E-state index in [1.807, 2.05) is 0 Å². The van der Waals surface area contributed by atoms with Crippen LogP contribution in [0.25, 0.3) is 0 Å². The highest BCUT2D eigenvalue weighted by molar-refractivity contribution is 7.09. The normalized spacial score (nSPS) is 9.83. The third-order valence-electron chi connectivity index (χ3n) is 1.10. The Labute approximate surface area is 79.1 Å². The van der Waals surface area contributed by atoms with Crippen LogP contribution in [-0.4, -0.2) is 21.1 Å². The molecule has 66 valence electrons. The van der Waals surface area contributed by atoms with Crippen molar-refractivity contribution in [3.8, 4) is 0 Å². The number of nitrogens with zero attached hydrogens (tertiary/aromatic N) is 2. The van der Waals surface area contributed by atoms with Crippen molar-refractivity contribution in [2.45, 2.75) is 13.3 Å². The maximum absolute atomic E-state index is 11.0. The molecule has 1 amide bonds. The number of nitrogens with one attached hydrogen (secondary N) is 1. The molecule has 0 saturated heterocycles. The van der Waals surface area contributed by atoms with Crippen molar-refractivity contribution >= 4 is 34.2 Å². The molecular formula is C6H8ClN3OS. The molecule has 1 N–H and O–H groups in total. The molecule has 0 radical (unpaired) electrons. The van der Waals surface area contributed by atoms with Crippen molar-refractivity contribution in [2.24, 2.45) is 0 Å². The quantitative estimate of drug-likeness (QED) is 0.760. The van der Waals surface area contributed by atoms with Crippen LogP contribution in [0.1, 0.15) is 12.2 Å². The van der Waals surface area contributed by atoms with Gasteiger partial charge in [-0.1, -0.05) is 0 Å². The first-order valence-electron chi connectivity index (χ1n) is 3.38. The second kappa shape index (κ2) is 4.37. The summed E-state index contributed by atoms with van der Waals surface area (Å²) in [5.41, 5.74) is 0. The first-order chi connectivity index (χ1) is 5.72. The molecule has 0 aliphatic carbocycles. The van der Waals surface area contributed by atoms with E-state index in [1.165, 1.54) is 11.5 Å². The predicted molar refractivity (Wildman–Crippen MR) is 48.6 cm³/mol. The van der Waals surface area contributed by atoms with Crippen LogP contribution in [0.4, 0.5) is 5.13 Å². The monoisotopic (exact) mass is 205 g/mol. The van der Waals surface area contributed by atoms with Gasteiger partial charge in [-0.3, -0.25) is 4.79 Å². The van der Waals surface area contributed by atoms with Crippen LogP contribution in [0.2, 0.25) is 0 Å². The Balaban J connectivity index is 2.46. The van der Waals surface area contributed by atoms with E-state index in [4.69, 9.17) is 11.6 Å². The number of halogens is 1. The average molecular weight is 206 g/mol. The first-order valence-corrected chi connectivity index (χ1v) is 4.69. The van der Waals surface area contributed by atoms with E-state index in [0.29, 0.717) is 23.3 Å². The minimum absolute atomic E-state index is 0.124. The van der Waals surface area contributed by atoms with Gasteiger partial charge in [-0.2, -0.15) is 4.37 Å². The number of anilines is 1. The van der Waals surface area contributed by atoms with E-state index >= 15 is 0 Å². The van der Waals surface area contributed by atoms with Gasteiger partial charge in [0.1, 0.15) is 5.82 Å². The number of aromatic nitrogens is 2. The standard InChI is InChI=1S/C6H8ClN3OS/c1-4-8-6(12-10-4)9-5(11)2-3-7/h2-3H2,1H3,(H,8,9,10,11). The maximum atomic E-state index is 11.0. The Bertz CT molecular complexity index is 276. The first kappa shape index (κ1) is 9.41. The van der Waals surface area contributed by atoms with Gasteiger partial charge in [0, 0.05) is 23.8 Å². The number of amides is 1. The van der Waals surface area contributed by atoms with Crippen molar-refractivity contribution in [3.05, 3.63) is 5.82 Å². The number of rotatable bonds is 3. The minimum Gasteiger partial charge on any atom is -0.301 e. The molecule has 1 heterocycles. The van der Waals surface area contributed by atoms with Crippen LogP contribution >= 0.6 is 23.1 Å². The van der Waals surface area contributed by atoms with Gasteiger partial charge in [0.25, 0.3) is 0 Å². The van der Waals surface area contributed by atoms with Crippen LogP contribution in [0.5, 0.6) is 0 Å². The molecule has 0 spiro atoms. The van der Waals surface area contributed by atoms with Gasteiger partial charge < -0.3 is 5.32 Å². The fourth-order valence-electron chi connectivity index (χ4n) is 0.615. The summed E-state index contributed by atoms with van der Waals surface area (Å²) in [7, 11) is 0. The molecule has 0 unspecified atom stereocenters. The number of hydrogen-bond acceptors (Lipinski definition) is 4. The number of hydrogen-bond donors (Lipinski definition) is 1. The van der Waals surface area contributed by atoms with Gasteiger partial charge in [0.2, 0.25) is 11.0 Å². The number of aryl methyl sites for hydroxylation is 1. The lowest BCUT2D eigenvalue weighted by Crippen LogP contribution is -2.11. The fourth-order valence-corrected chi connectivity index (χ4v) is 1.38. The molecule has 0 atom stereocenters. The van der Waals surface area contributed by atoms with Gasteiger partial charge in [0.05, 0.1) is 0 Å². The Kier molecular flexibility index (Phi) is 3.43. The molecule has 6 heteroatoms. The molecule has 0 saturated carbocycles. The Hall–Kier alpha value is -0.680. The largest absolute Gasteiger partial charge is 0.301 e. The van der Waals surface area contributed by atoms with Gasteiger partial charge in [-0.05, 0) is 6.92 Å². The summed E-state index contributed by atoms with van der Waals surface area (Å²) in [4.78, 5) is 14.9. The number of carbonyl (C=O) groups is 1. The summed E-state index contributed by atoms with van der Waals surface area (Å²) >= 11 is 6.54. The molecule has 1 aromatic heterocycles. The molecule has 1 aromatic rings. The summed E-state index contributed by atoms with van der Waals surface area (Å²) in [6.45, 7) is 1.77. The SMILES string of the molecule is Cc1nsc(NC(=O)CCCl)n1. The van der Waals surface area contributed by atoms with E-state index in [2.05, 4.69) is 14.7 Å². The lowest BCUT2D eigenvalue weighted by Gasteiger charge is -1.95. The molecule has 12 heavy (non-hydrogen) atoms. The Morgan fingerprint density at radius 1 is 1.75 bits per heavy atom. The molecule has 0 fully saturated rings. The third-order valence-corrected chi connectivity index (χ3v) is 2.01.